The molecule has 2 aromatic rings. The molecule has 0 aromatic heterocycles. The highest BCUT2D eigenvalue weighted by molar-refractivity contribution is 5.37. The fourth-order valence-corrected chi connectivity index (χ4v) is 1.82. The molecule has 0 aliphatic carbocycles. The molecule has 18 heavy (non-hydrogen) atoms. The van der Waals surface area contributed by atoms with Crippen molar-refractivity contribution < 1.29 is 9.84 Å². The molecule has 0 amide bonds. The number of aliphatic hydroxyl groups excluding tert-OH is 1. The number of rotatable bonds is 5. The van der Waals surface area contributed by atoms with E-state index in [2.05, 4.69) is 0 Å². The van der Waals surface area contributed by atoms with E-state index >= 15 is 0 Å². The number of aryl methyl sites for hydroxylation is 1. The third kappa shape index (κ3) is 3.34. The van der Waals surface area contributed by atoms with E-state index in [4.69, 9.17) is 9.84 Å². The molecule has 0 aliphatic rings. The molecular weight excluding hydrogens is 224 g/mol. The minimum Gasteiger partial charge on any atom is -0.489 e. The van der Waals surface area contributed by atoms with Crippen LogP contribution in [-0.4, -0.2) is 11.7 Å². The Labute approximate surface area is 108 Å². The Balaban J connectivity index is 2.06. The maximum absolute atomic E-state index is 8.95. The van der Waals surface area contributed by atoms with E-state index in [0.717, 1.165) is 22.4 Å². The van der Waals surface area contributed by atoms with Crippen LogP contribution in [0, 0.1) is 6.92 Å². The average Bonchev–Trinajstić information content (AvgIpc) is 2.41. The largest absolute Gasteiger partial charge is 0.489 e. The van der Waals surface area contributed by atoms with Gasteiger partial charge in [-0.05, 0) is 36.1 Å². The van der Waals surface area contributed by atoms with Gasteiger partial charge in [0, 0.05) is 6.61 Å². The number of benzene rings is 2. The Morgan fingerprint density at radius 2 is 1.78 bits per heavy atom. The summed E-state index contributed by atoms with van der Waals surface area (Å²) in [4.78, 5) is 0. The van der Waals surface area contributed by atoms with Crippen molar-refractivity contribution in [3.8, 4) is 5.75 Å². The highest BCUT2D eigenvalue weighted by atomic mass is 16.5. The van der Waals surface area contributed by atoms with Crippen molar-refractivity contribution in [3.63, 3.8) is 0 Å². The summed E-state index contributed by atoms with van der Waals surface area (Å²) >= 11 is 0. The van der Waals surface area contributed by atoms with Crippen LogP contribution < -0.4 is 4.74 Å². The van der Waals surface area contributed by atoms with Gasteiger partial charge in [-0.25, -0.2) is 0 Å². The van der Waals surface area contributed by atoms with Gasteiger partial charge in [-0.2, -0.15) is 0 Å². The van der Waals surface area contributed by atoms with Gasteiger partial charge in [0.25, 0.3) is 0 Å². The summed E-state index contributed by atoms with van der Waals surface area (Å²) in [5, 5.41) is 8.95. The second-order valence-corrected chi connectivity index (χ2v) is 4.35. The van der Waals surface area contributed by atoms with E-state index in [1.54, 1.807) is 0 Å². The minimum absolute atomic E-state index is 0.168. The summed E-state index contributed by atoms with van der Waals surface area (Å²) in [5.74, 6) is 0.893. The van der Waals surface area contributed by atoms with Crippen molar-refractivity contribution in [2.75, 3.05) is 6.61 Å². The van der Waals surface area contributed by atoms with E-state index in [-0.39, 0.29) is 6.61 Å². The lowest BCUT2D eigenvalue weighted by molar-refractivity contribution is 0.296. The van der Waals surface area contributed by atoms with Gasteiger partial charge in [0.05, 0.1) is 0 Å². The van der Waals surface area contributed by atoms with Crippen LogP contribution in [0.1, 0.15) is 16.7 Å². The third-order valence-corrected chi connectivity index (χ3v) is 2.89. The molecule has 0 radical (unpaired) electrons. The average molecular weight is 242 g/mol. The Hall–Kier alpha value is -1.80. The van der Waals surface area contributed by atoms with Gasteiger partial charge in [0.2, 0.25) is 0 Å². The normalized spacial score (nSPS) is 10.3. The number of hydrogen-bond donors (Lipinski definition) is 1. The predicted octanol–water partition coefficient (Wildman–Crippen LogP) is 3.11. The van der Waals surface area contributed by atoms with Crippen molar-refractivity contribution in [3.05, 3.63) is 65.2 Å². The maximum atomic E-state index is 8.95. The molecule has 0 saturated heterocycles. The van der Waals surface area contributed by atoms with Gasteiger partial charge in [-0.15, -0.1) is 0 Å². The van der Waals surface area contributed by atoms with E-state index in [0.29, 0.717) is 13.0 Å². The first-order chi connectivity index (χ1) is 8.79. The van der Waals surface area contributed by atoms with E-state index < -0.39 is 0 Å². The fraction of sp³-hybridized carbons (Fsp3) is 0.250. The molecule has 0 fully saturated rings. The Morgan fingerprint density at radius 3 is 2.50 bits per heavy atom. The molecule has 0 saturated carbocycles. The van der Waals surface area contributed by atoms with E-state index in [1.807, 2.05) is 55.5 Å². The second kappa shape index (κ2) is 6.22. The first kappa shape index (κ1) is 12.7. The van der Waals surface area contributed by atoms with Crippen molar-refractivity contribution in [1.29, 1.82) is 0 Å². The topological polar surface area (TPSA) is 29.5 Å². The predicted molar refractivity (Wildman–Crippen MR) is 72.7 cm³/mol. The zero-order valence-electron chi connectivity index (χ0n) is 10.6. The fourth-order valence-electron chi connectivity index (χ4n) is 1.82. The summed E-state index contributed by atoms with van der Waals surface area (Å²) in [6.07, 6.45) is 0.669. The highest BCUT2D eigenvalue weighted by Gasteiger charge is 2.02. The Bertz CT molecular complexity index is 492. The molecule has 0 bridgehead atoms. The Kier molecular flexibility index (Phi) is 4.37. The van der Waals surface area contributed by atoms with Gasteiger partial charge in [0.15, 0.2) is 0 Å². The molecule has 0 unspecified atom stereocenters. The van der Waals surface area contributed by atoms with Crippen LogP contribution in [-0.2, 0) is 13.0 Å². The standard InChI is InChI=1S/C16H18O2/c1-13-7-8-14(9-10-17)11-16(13)18-12-15-5-3-2-4-6-15/h2-8,11,17H,9-10,12H2,1H3. The molecule has 2 rings (SSSR count). The molecule has 2 heteroatoms. The third-order valence-electron chi connectivity index (χ3n) is 2.89. The summed E-state index contributed by atoms with van der Waals surface area (Å²) in [7, 11) is 0. The Morgan fingerprint density at radius 1 is 1.00 bits per heavy atom. The van der Waals surface area contributed by atoms with Crippen LogP contribution in [0.15, 0.2) is 48.5 Å². The molecule has 1 N–H and O–H groups in total. The van der Waals surface area contributed by atoms with Crippen molar-refractivity contribution in [2.45, 2.75) is 20.0 Å². The molecule has 0 spiro atoms. The lowest BCUT2D eigenvalue weighted by Crippen LogP contribution is -1.98. The monoisotopic (exact) mass is 242 g/mol. The van der Waals surface area contributed by atoms with Crippen LogP contribution in [0.3, 0.4) is 0 Å². The quantitative estimate of drug-likeness (QED) is 0.873. The molecule has 0 heterocycles. The minimum atomic E-state index is 0.168. The zero-order valence-corrected chi connectivity index (χ0v) is 10.6. The number of hydrogen-bond acceptors (Lipinski definition) is 2. The van der Waals surface area contributed by atoms with Crippen LogP contribution in [0.2, 0.25) is 0 Å². The van der Waals surface area contributed by atoms with Crippen molar-refractivity contribution >= 4 is 0 Å². The van der Waals surface area contributed by atoms with Gasteiger partial charge in [-0.1, -0.05) is 42.5 Å². The van der Waals surface area contributed by atoms with Crippen molar-refractivity contribution in [1.82, 2.24) is 0 Å². The lowest BCUT2D eigenvalue weighted by atomic mass is 10.1. The van der Waals surface area contributed by atoms with Gasteiger partial charge < -0.3 is 9.84 Å². The molecule has 0 aliphatic heterocycles. The SMILES string of the molecule is Cc1ccc(CCO)cc1OCc1ccccc1. The van der Waals surface area contributed by atoms with Crippen LogP contribution in [0.5, 0.6) is 5.75 Å². The first-order valence-electron chi connectivity index (χ1n) is 6.16. The lowest BCUT2D eigenvalue weighted by Gasteiger charge is -2.11. The highest BCUT2D eigenvalue weighted by Crippen LogP contribution is 2.21. The van der Waals surface area contributed by atoms with Crippen LogP contribution in [0.4, 0.5) is 0 Å². The summed E-state index contributed by atoms with van der Waals surface area (Å²) < 4.78 is 5.83. The zero-order chi connectivity index (χ0) is 12.8. The molecule has 94 valence electrons. The van der Waals surface area contributed by atoms with Crippen molar-refractivity contribution in [2.24, 2.45) is 0 Å². The van der Waals surface area contributed by atoms with Gasteiger partial charge >= 0.3 is 0 Å². The molecule has 0 atom stereocenters. The summed E-state index contributed by atoms with van der Waals surface area (Å²) in [5.41, 5.74) is 3.38. The smallest absolute Gasteiger partial charge is 0.122 e. The number of ether oxygens (including phenoxy) is 1. The van der Waals surface area contributed by atoms with E-state index in [1.165, 1.54) is 0 Å². The molecular formula is C16H18O2. The number of aliphatic hydroxyl groups is 1. The maximum Gasteiger partial charge on any atom is 0.122 e. The molecule has 2 nitrogen and oxygen atoms in total. The molecule has 2 aromatic carbocycles. The van der Waals surface area contributed by atoms with Gasteiger partial charge in [0.1, 0.15) is 12.4 Å². The van der Waals surface area contributed by atoms with Gasteiger partial charge in [-0.3, -0.25) is 0 Å². The van der Waals surface area contributed by atoms with Crippen LogP contribution in [0.25, 0.3) is 0 Å². The second-order valence-electron chi connectivity index (χ2n) is 4.35. The summed E-state index contributed by atoms with van der Waals surface area (Å²) in [6.45, 7) is 2.77. The first-order valence-corrected chi connectivity index (χ1v) is 6.16. The summed E-state index contributed by atoms with van der Waals surface area (Å²) in [6, 6.07) is 16.2. The van der Waals surface area contributed by atoms with E-state index in [9.17, 15) is 0 Å². The van der Waals surface area contributed by atoms with Crippen LogP contribution >= 0.6 is 0 Å².